The highest BCUT2D eigenvalue weighted by molar-refractivity contribution is 9.10. The summed E-state index contributed by atoms with van der Waals surface area (Å²) in [6.07, 6.45) is 7.80. The van der Waals surface area contributed by atoms with Gasteiger partial charge in [-0.05, 0) is 53.8 Å². The molecule has 0 radical (unpaired) electrons. The number of likely N-dealkylation sites (tertiary alicyclic amines) is 1. The van der Waals surface area contributed by atoms with Gasteiger partial charge in [-0.1, -0.05) is 13.3 Å². The van der Waals surface area contributed by atoms with Gasteiger partial charge in [0.25, 0.3) is 0 Å². The van der Waals surface area contributed by atoms with Crippen LogP contribution < -0.4 is 5.32 Å². The van der Waals surface area contributed by atoms with E-state index in [1.165, 1.54) is 38.9 Å². The lowest BCUT2D eigenvalue weighted by molar-refractivity contribution is 0.204. The first-order valence-corrected chi connectivity index (χ1v) is 7.61. The number of nitrogens with zero attached hydrogens (tertiary/aromatic N) is 2. The minimum Gasteiger partial charge on any atom is -0.384 e. The first-order chi connectivity index (χ1) is 8.75. The lowest BCUT2D eigenvalue weighted by atomic mass is 10.1. The highest BCUT2D eigenvalue weighted by atomic mass is 79.9. The van der Waals surface area contributed by atoms with E-state index < -0.39 is 0 Å². The standard InChI is InChI=1S/C14H22BrN3/c1-12(11-18-7-3-2-4-8-18)9-17-14-5-6-16-10-13(14)15/h5-6,10,12H,2-4,7-9,11H2,1H3,(H,16,17). The van der Waals surface area contributed by atoms with Gasteiger partial charge in [0.15, 0.2) is 0 Å². The second-order valence-corrected chi connectivity index (χ2v) is 6.06. The predicted octanol–water partition coefficient (Wildman–Crippen LogP) is 3.38. The summed E-state index contributed by atoms with van der Waals surface area (Å²) in [6.45, 7) is 7.10. The van der Waals surface area contributed by atoms with Crippen molar-refractivity contribution in [2.24, 2.45) is 5.92 Å². The van der Waals surface area contributed by atoms with Gasteiger partial charge in [-0.25, -0.2) is 0 Å². The topological polar surface area (TPSA) is 28.2 Å². The Bertz CT molecular complexity index is 364. The van der Waals surface area contributed by atoms with Crippen molar-refractivity contribution in [2.75, 3.05) is 31.5 Å². The molecule has 18 heavy (non-hydrogen) atoms. The average molecular weight is 312 g/mol. The van der Waals surface area contributed by atoms with Crippen LogP contribution in [-0.2, 0) is 0 Å². The van der Waals surface area contributed by atoms with Crippen molar-refractivity contribution in [2.45, 2.75) is 26.2 Å². The van der Waals surface area contributed by atoms with Crippen LogP contribution in [0.5, 0.6) is 0 Å². The van der Waals surface area contributed by atoms with E-state index in [1.807, 2.05) is 18.5 Å². The Labute approximate surface area is 118 Å². The summed E-state index contributed by atoms with van der Waals surface area (Å²) in [7, 11) is 0. The van der Waals surface area contributed by atoms with Crippen molar-refractivity contribution in [1.82, 2.24) is 9.88 Å². The number of pyridine rings is 1. The number of rotatable bonds is 5. The lowest BCUT2D eigenvalue weighted by Gasteiger charge is -2.29. The van der Waals surface area contributed by atoms with Gasteiger partial charge in [0.2, 0.25) is 0 Å². The van der Waals surface area contributed by atoms with Crippen molar-refractivity contribution >= 4 is 21.6 Å². The summed E-state index contributed by atoms with van der Waals surface area (Å²) >= 11 is 3.51. The smallest absolute Gasteiger partial charge is 0.0590 e. The van der Waals surface area contributed by atoms with Crippen LogP contribution in [0.2, 0.25) is 0 Å². The number of aromatic nitrogens is 1. The van der Waals surface area contributed by atoms with Crippen molar-refractivity contribution in [3.8, 4) is 0 Å². The number of nitrogens with one attached hydrogen (secondary N) is 1. The van der Waals surface area contributed by atoms with Crippen molar-refractivity contribution in [1.29, 1.82) is 0 Å². The number of hydrogen-bond donors (Lipinski definition) is 1. The van der Waals surface area contributed by atoms with Gasteiger partial charge >= 0.3 is 0 Å². The van der Waals surface area contributed by atoms with E-state index in [9.17, 15) is 0 Å². The molecule has 0 spiro atoms. The first-order valence-electron chi connectivity index (χ1n) is 6.81. The van der Waals surface area contributed by atoms with E-state index in [1.54, 1.807) is 0 Å². The molecule has 1 aliphatic heterocycles. The lowest BCUT2D eigenvalue weighted by Crippen LogP contribution is -2.35. The van der Waals surface area contributed by atoms with E-state index in [0.717, 1.165) is 16.7 Å². The molecule has 1 atom stereocenters. The molecule has 0 aliphatic carbocycles. The largest absolute Gasteiger partial charge is 0.384 e. The van der Waals surface area contributed by atoms with E-state index >= 15 is 0 Å². The molecule has 1 aromatic heterocycles. The number of hydrogen-bond acceptors (Lipinski definition) is 3. The highest BCUT2D eigenvalue weighted by Gasteiger charge is 2.13. The van der Waals surface area contributed by atoms with Crippen LogP contribution in [0.3, 0.4) is 0 Å². The maximum Gasteiger partial charge on any atom is 0.0590 e. The third kappa shape index (κ3) is 4.25. The Hall–Kier alpha value is -0.610. The van der Waals surface area contributed by atoms with Crippen LogP contribution in [0.15, 0.2) is 22.9 Å². The summed E-state index contributed by atoms with van der Waals surface area (Å²) in [5.74, 6) is 0.670. The Morgan fingerprint density at radius 2 is 2.17 bits per heavy atom. The SMILES string of the molecule is CC(CNc1ccncc1Br)CN1CCCCC1. The summed E-state index contributed by atoms with van der Waals surface area (Å²) in [6, 6.07) is 2.01. The van der Waals surface area contributed by atoms with Gasteiger partial charge in [0.05, 0.1) is 10.2 Å². The molecule has 0 aromatic carbocycles. The van der Waals surface area contributed by atoms with Gasteiger partial charge in [0, 0.05) is 25.5 Å². The molecule has 0 amide bonds. The fraction of sp³-hybridized carbons (Fsp3) is 0.643. The monoisotopic (exact) mass is 311 g/mol. The summed E-state index contributed by atoms with van der Waals surface area (Å²) < 4.78 is 1.04. The third-order valence-corrected chi connectivity index (χ3v) is 4.06. The van der Waals surface area contributed by atoms with E-state index in [2.05, 4.69) is 38.1 Å². The quantitative estimate of drug-likeness (QED) is 0.903. The normalized spacial score (nSPS) is 18.6. The molecular weight excluding hydrogens is 290 g/mol. The molecule has 2 heterocycles. The van der Waals surface area contributed by atoms with Gasteiger partial charge in [-0.2, -0.15) is 0 Å². The Balaban J connectivity index is 1.74. The zero-order valence-corrected chi connectivity index (χ0v) is 12.6. The molecule has 0 saturated carbocycles. The van der Waals surface area contributed by atoms with Crippen molar-refractivity contribution < 1.29 is 0 Å². The summed E-state index contributed by atoms with van der Waals surface area (Å²) in [5, 5.41) is 3.49. The fourth-order valence-corrected chi connectivity index (χ4v) is 2.84. The van der Waals surface area contributed by atoms with E-state index in [4.69, 9.17) is 0 Å². The molecule has 1 N–H and O–H groups in total. The van der Waals surface area contributed by atoms with Gasteiger partial charge in [-0.15, -0.1) is 0 Å². The van der Waals surface area contributed by atoms with Gasteiger partial charge < -0.3 is 10.2 Å². The molecule has 1 saturated heterocycles. The van der Waals surface area contributed by atoms with Crippen molar-refractivity contribution in [3.05, 3.63) is 22.9 Å². The van der Waals surface area contributed by atoms with E-state index in [0.29, 0.717) is 5.92 Å². The molecule has 100 valence electrons. The number of anilines is 1. The van der Waals surface area contributed by atoms with Crippen LogP contribution in [0.25, 0.3) is 0 Å². The maximum atomic E-state index is 4.07. The highest BCUT2D eigenvalue weighted by Crippen LogP contribution is 2.20. The Morgan fingerprint density at radius 1 is 1.39 bits per heavy atom. The second kappa shape index (κ2) is 7.10. The summed E-state index contributed by atoms with van der Waals surface area (Å²) in [4.78, 5) is 6.67. The zero-order chi connectivity index (χ0) is 12.8. The minimum atomic E-state index is 0.670. The van der Waals surface area contributed by atoms with Crippen LogP contribution >= 0.6 is 15.9 Å². The van der Waals surface area contributed by atoms with Crippen LogP contribution in [0.1, 0.15) is 26.2 Å². The zero-order valence-electron chi connectivity index (χ0n) is 11.0. The molecule has 1 aliphatic rings. The molecule has 4 heteroatoms. The Kier molecular flexibility index (Phi) is 5.45. The number of halogens is 1. The minimum absolute atomic E-state index is 0.670. The number of piperidine rings is 1. The molecule has 1 fully saturated rings. The predicted molar refractivity (Wildman–Crippen MR) is 79.9 cm³/mol. The van der Waals surface area contributed by atoms with Gasteiger partial charge in [-0.3, -0.25) is 4.98 Å². The molecule has 3 nitrogen and oxygen atoms in total. The third-order valence-electron chi connectivity index (χ3n) is 3.43. The van der Waals surface area contributed by atoms with Crippen LogP contribution in [-0.4, -0.2) is 36.1 Å². The second-order valence-electron chi connectivity index (χ2n) is 5.20. The van der Waals surface area contributed by atoms with E-state index in [-0.39, 0.29) is 0 Å². The molecule has 1 unspecified atom stereocenters. The maximum absolute atomic E-state index is 4.07. The van der Waals surface area contributed by atoms with Crippen LogP contribution in [0, 0.1) is 5.92 Å². The molecule has 0 bridgehead atoms. The Morgan fingerprint density at radius 3 is 2.89 bits per heavy atom. The van der Waals surface area contributed by atoms with Gasteiger partial charge in [0.1, 0.15) is 0 Å². The first kappa shape index (κ1) is 13.8. The summed E-state index contributed by atoms with van der Waals surface area (Å²) in [5.41, 5.74) is 1.13. The molecule has 2 rings (SSSR count). The van der Waals surface area contributed by atoms with Crippen LogP contribution in [0.4, 0.5) is 5.69 Å². The van der Waals surface area contributed by atoms with Crippen molar-refractivity contribution in [3.63, 3.8) is 0 Å². The molecule has 1 aromatic rings. The average Bonchev–Trinajstić information content (AvgIpc) is 2.39. The fourth-order valence-electron chi connectivity index (χ4n) is 2.45. The molecular formula is C14H22BrN3.